The van der Waals surface area contributed by atoms with Gasteiger partial charge in [0.15, 0.2) is 0 Å². The molecule has 0 radical (unpaired) electrons. The Hall–Kier alpha value is -2.18. The summed E-state index contributed by atoms with van der Waals surface area (Å²) in [6, 6.07) is 18.1. The Bertz CT molecular complexity index is 971. The first-order chi connectivity index (χ1) is 13.9. The van der Waals surface area contributed by atoms with Crippen LogP contribution in [-0.2, 0) is 21.2 Å². The van der Waals surface area contributed by atoms with E-state index in [1.807, 2.05) is 29.2 Å². The number of sulfonamides is 1. The maximum atomic E-state index is 13.0. The molecule has 2 aromatic rings. The summed E-state index contributed by atoms with van der Waals surface area (Å²) in [6.45, 7) is 0.617. The highest BCUT2D eigenvalue weighted by Gasteiger charge is 2.41. The molecule has 6 heteroatoms. The second-order valence-corrected chi connectivity index (χ2v) is 10.1. The minimum absolute atomic E-state index is 0.116. The van der Waals surface area contributed by atoms with Gasteiger partial charge in [-0.2, -0.15) is 0 Å². The molecule has 2 aliphatic rings. The van der Waals surface area contributed by atoms with Gasteiger partial charge in [-0.3, -0.25) is 4.79 Å². The van der Waals surface area contributed by atoms with E-state index in [1.54, 1.807) is 0 Å². The normalized spacial score (nSPS) is 22.4. The van der Waals surface area contributed by atoms with Crippen LogP contribution >= 0.6 is 0 Å². The van der Waals surface area contributed by atoms with E-state index in [0.717, 1.165) is 36.0 Å². The van der Waals surface area contributed by atoms with Crippen LogP contribution in [-0.4, -0.2) is 44.1 Å². The molecule has 1 aliphatic carbocycles. The Morgan fingerprint density at radius 1 is 1.03 bits per heavy atom. The van der Waals surface area contributed by atoms with Gasteiger partial charge in [-0.25, -0.2) is 13.1 Å². The molecule has 2 atom stereocenters. The number of benzene rings is 2. The molecule has 0 bridgehead atoms. The number of hydrogen-bond acceptors (Lipinski definition) is 3. The molecule has 0 spiro atoms. The van der Waals surface area contributed by atoms with Crippen molar-refractivity contribution in [3.05, 3.63) is 60.2 Å². The summed E-state index contributed by atoms with van der Waals surface area (Å²) >= 11 is 0. The largest absolute Gasteiger partial charge is 0.337 e. The minimum atomic E-state index is -3.33. The number of carbonyl (C=O) groups excluding carboxylic acids is 1. The van der Waals surface area contributed by atoms with Crippen molar-refractivity contribution in [3.8, 4) is 11.1 Å². The van der Waals surface area contributed by atoms with E-state index in [9.17, 15) is 13.2 Å². The fraction of sp³-hybridized carbons (Fsp3) is 0.435. The first-order valence-corrected chi connectivity index (χ1v) is 12.2. The van der Waals surface area contributed by atoms with Gasteiger partial charge in [-0.1, -0.05) is 61.0 Å². The summed E-state index contributed by atoms with van der Waals surface area (Å²) in [6.07, 6.45) is 5.52. The van der Waals surface area contributed by atoms with Crippen LogP contribution < -0.4 is 4.72 Å². The van der Waals surface area contributed by atoms with Crippen LogP contribution in [0.4, 0.5) is 0 Å². The lowest BCUT2D eigenvalue weighted by Gasteiger charge is -2.34. The van der Waals surface area contributed by atoms with Crippen LogP contribution in [0.1, 0.15) is 31.2 Å². The summed E-state index contributed by atoms with van der Waals surface area (Å²) in [5, 5.41) is 0. The van der Waals surface area contributed by atoms with Gasteiger partial charge in [0.1, 0.15) is 0 Å². The van der Waals surface area contributed by atoms with Crippen LogP contribution in [0.3, 0.4) is 0 Å². The smallest absolute Gasteiger partial charge is 0.225 e. The van der Waals surface area contributed by atoms with Gasteiger partial charge in [0.25, 0.3) is 0 Å². The summed E-state index contributed by atoms with van der Waals surface area (Å²) in [7, 11) is -3.33. The van der Waals surface area contributed by atoms with Gasteiger partial charge < -0.3 is 4.90 Å². The standard InChI is InChI=1S/C23H28N2O3S/c1-29(27,28)24-21-13-14-25(23(26)19-10-6-11-19)22(21)16-17-7-5-12-20(15-17)18-8-3-2-4-9-18/h2-5,7-9,12,15,19,21-22,24H,6,10-11,13-14,16H2,1H3/t21-,22-/m1/s1. The number of likely N-dealkylation sites (tertiary alicyclic amines) is 1. The van der Waals surface area contributed by atoms with E-state index in [-0.39, 0.29) is 23.9 Å². The van der Waals surface area contributed by atoms with Crippen molar-refractivity contribution in [2.24, 2.45) is 5.92 Å². The van der Waals surface area contributed by atoms with Gasteiger partial charge in [0.2, 0.25) is 15.9 Å². The molecule has 1 aliphatic heterocycles. The molecule has 5 nitrogen and oxygen atoms in total. The monoisotopic (exact) mass is 412 g/mol. The van der Waals surface area contributed by atoms with Crippen molar-refractivity contribution in [2.45, 2.75) is 44.2 Å². The average Bonchev–Trinajstić information content (AvgIpc) is 3.02. The molecule has 2 fully saturated rings. The second kappa shape index (κ2) is 8.28. The molecule has 2 aromatic carbocycles. The van der Waals surface area contributed by atoms with Crippen molar-refractivity contribution in [2.75, 3.05) is 12.8 Å². The Morgan fingerprint density at radius 3 is 2.41 bits per heavy atom. The van der Waals surface area contributed by atoms with E-state index in [2.05, 4.69) is 35.1 Å². The van der Waals surface area contributed by atoms with Crippen LogP contribution in [0, 0.1) is 5.92 Å². The maximum absolute atomic E-state index is 13.0. The highest BCUT2D eigenvalue weighted by atomic mass is 32.2. The third-order valence-corrected chi connectivity index (χ3v) is 6.86. The van der Waals surface area contributed by atoms with Crippen LogP contribution in [0.15, 0.2) is 54.6 Å². The Kier molecular flexibility index (Phi) is 5.74. The van der Waals surface area contributed by atoms with E-state index in [1.165, 1.54) is 6.26 Å². The average molecular weight is 413 g/mol. The van der Waals surface area contributed by atoms with E-state index >= 15 is 0 Å². The number of nitrogens with zero attached hydrogens (tertiary/aromatic N) is 1. The molecule has 1 saturated carbocycles. The van der Waals surface area contributed by atoms with Gasteiger partial charge in [-0.15, -0.1) is 0 Å². The summed E-state index contributed by atoms with van der Waals surface area (Å²) in [4.78, 5) is 14.9. The highest BCUT2D eigenvalue weighted by Crippen LogP contribution is 2.33. The fourth-order valence-electron chi connectivity index (χ4n) is 4.43. The van der Waals surface area contributed by atoms with Crippen molar-refractivity contribution in [1.29, 1.82) is 0 Å². The molecule has 0 aromatic heterocycles. The van der Waals surface area contributed by atoms with Crippen molar-refractivity contribution in [3.63, 3.8) is 0 Å². The van der Waals surface area contributed by atoms with Crippen LogP contribution in [0.2, 0.25) is 0 Å². The lowest BCUT2D eigenvalue weighted by molar-refractivity contribution is -0.139. The second-order valence-electron chi connectivity index (χ2n) is 8.28. The Balaban J connectivity index is 1.59. The zero-order valence-electron chi connectivity index (χ0n) is 16.8. The molecular formula is C23H28N2O3S. The SMILES string of the molecule is CS(=O)(=O)N[C@@H]1CCN(C(=O)C2CCC2)[C@@H]1Cc1cccc(-c2ccccc2)c1. The first kappa shape index (κ1) is 20.1. The maximum Gasteiger partial charge on any atom is 0.225 e. The number of nitrogens with one attached hydrogen (secondary N) is 1. The molecule has 1 saturated heterocycles. The zero-order valence-corrected chi connectivity index (χ0v) is 17.6. The lowest BCUT2D eigenvalue weighted by atomic mass is 9.84. The number of hydrogen-bond donors (Lipinski definition) is 1. The molecule has 1 amide bonds. The fourth-order valence-corrected chi connectivity index (χ4v) is 5.26. The molecular weight excluding hydrogens is 384 g/mol. The van der Waals surface area contributed by atoms with Crippen LogP contribution in [0.5, 0.6) is 0 Å². The Labute approximate surface area is 173 Å². The molecule has 154 valence electrons. The number of carbonyl (C=O) groups is 1. The number of amides is 1. The minimum Gasteiger partial charge on any atom is -0.337 e. The third kappa shape index (κ3) is 4.70. The lowest BCUT2D eigenvalue weighted by Crippen LogP contribution is -2.49. The summed E-state index contributed by atoms with van der Waals surface area (Å²) in [5.41, 5.74) is 3.39. The van der Waals surface area contributed by atoms with E-state index < -0.39 is 10.0 Å². The zero-order chi connectivity index (χ0) is 20.4. The molecule has 1 heterocycles. The quantitative estimate of drug-likeness (QED) is 0.792. The van der Waals surface area contributed by atoms with Gasteiger partial charge in [0.05, 0.1) is 12.3 Å². The Morgan fingerprint density at radius 2 is 1.76 bits per heavy atom. The van der Waals surface area contributed by atoms with Crippen molar-refractivity contribution in [1.82, 2.24) is 9.62 Å². The predicted molar refractivity (Wildman–Crippen MR) is 115 cm³/mol. The van der Waals surface area contributed by atoms with E-state index in [4.69, 9.17) is 0 Å². The summed E-state index contributed by atoms with van der Waals surface area (Å²) < 4.78 is 26.5. The van der Waals surface area contributed by atoms with Gasteiger partial charge in [0, 0.05) is 18.5 Å². The molecule has 0 unspecified atom stereocenters. The molecule has 4 rings (SSSR count). The molecule has 1 N–H and O–H groups in total. The predicted octanol–water partition coefficient (Wildman–Crippen LogP) is 3.21. The van der Waals surface area contributed by atoms with E-state index in [0.29, 0.717) is 19.4 Å². The van der Waals surface area contributed by atoms with Crippen LogP contribution in [0.25, 0.3) is 11.1 Å². The number of rotatable bonds is 6. The molecule has 29 heavy (non-hydrogen) atoms. The highest BCUT2D eigenvalue weighted by molar-refractivity contribution is 7.88. The van der Waals surface area contributed by atoms with Gasteiger partial charge >= 0.3 is 0 Å². The first-order valence-electron chi connectivity index (χ1n) is 10.3. The summed E-state index contributed by atoms with van der Waals surface area (Å²) in [5.74, 6) is 0.309. The van der Waals surface area contributed by atoms with Gasteiger partial charge in [-0.05, 0) is 42.4 Å². The van der Waals surface area contributed by atoms with Crippen molar-refractivity contribution < 1.29 is 13.2 Å². The third-order valence-electron chi connectivity index (χ3n) is 6.13. The van der Waals surface area contributed by atoms with Crippen molar-refractivity contribution >= 4 is 15.9 Å². The topological polar surface area (TPSA) is 66.5 Å².